The van der Waals surface area contributed by atoms with Gasteiger partial charge in [-0.1, -0.05) is 0 Å². The van der Waals surface area contributed by atoms with Crippen molar-refractivity contribution in [3.05, 3.63) is 52.2 Å². The van der Waals surface area contributed by atoms with Gasteiger partial charge in [-0.3, -0.25) is 14.5 Å². The molecule has 32 heavy (non-hydrogen) atoms. The second-order valence-electron chi connectivity index (χ2n) is 8.04. The van der Waals surface area contributed by atoms with Crippen molar-refractivity contribution in [1.82, 2.24) is 19.4 Å². The molecule has 2 amide bonds. The summed E-state index contributed by atoms with van der Waals surface area (Å²) in [7, 11) is -3.47. The molecule has 4 rings (SSSR count). The molecule has 0 unspecified atom stereocenters. The molecule has 2 aliphatic rings. The molecule has 0 atom stereocenters. The summed E-state index contributed by atoms with van der Waals surface area (Å²) in [6.07, 6.45) is 1.78. The molecule has 0 bridgehead atoms. The number of benzene rings is 1. The lowest BCUT2D eigenvalue weighted by atomic mass is 10.2. The number of nitrogens with zero attached hydrogens (tertiary/aromatic N) is 3. The SMILES string of the molecule is O=C(NCCN1CCN(C(=O)c2ccc(S(=O)(=O)N3CCCC3)cc2)CC1)c1ccsc1. The molecule has 0 saturated carbocycles. The summed E-state index contributed by atoms with van der Waals surface area (Å²) in [5.41, 5.74) is 1.19. The van der Waals surface area contributed by atoms with E-state index in [1.807, 2.05) is 10.8 Å². The minimum atomic E-state index is -3.47. The van der Waals surface area contributed by atoms with Gasteiger partial charge in [0.1, 0.15) is 0 Å². The molecule has 1 N–H and O–H groups in total. The third kappa shape index (κ3) is 5.20. The van der Waals surface area contributed by atoms with Crippen molar-refractivity contribution in [2.75, 3.05) is 52.4 Å². The Balaban J connectivity index is 1.25. The standard InChI is InChI=1S/C22H28N4O4S2/c27-21(19-7-16-31-17-19)23-8-11-24-12-14-25(15-13-24)22(28)18-3-5-20(6-4-18)32(29,30)26-9-1-2-10-26/h3-7,16-17H,1-2,8-15H2,(H,23,27). The van der Waals surface area contributed by atoms with Crippen LogP contribution in [0.1, 0.15) is 33.6 Å². The lowest BCUT2D eigenvalue weighted by Gasteiger charge is -2.34. The van der Waals surface area contributed by atoms with Gasteiger partial charge in [0.15, 0.2) is 0 Å². The van der Waals surface area contributed by atoms with Gasteiger partial charge in [-0.25, -0.2) is 8.42 Å². The highest BCUT2D eigenvalue weighted by molar-refractivity contribution is 7.89. The van der Waals surface area contributed by atoms with Gasteiger partial charge in [-0.2, -0.15) is 15.6 Å². The van der Waals surface area contributed by atoms with Crippen molar-refractivity contribution in [1.29, 1.82) is 0 Å². The van der Waals surface area contributed by atoms with E-state index in [1.54, 1.807) is 23.1 Å². The maximum absolute atomic E-state index is 12.8. The minimum Gasteiger partial charge on any atom is -0.351 e. The normalized spacial score (nSPS) is 18.1. The van der Waals surface area contributed by atoms with Crippen molar-refractivity contribution >= 4 is 33.2 Å². The summed E-state index contributed by atoms with van der Waals surface area (Å²) in [4.78, 5) is 29.1. The molecule has 0 aliphatic carbocycles. The Labute approximate surface area is 192 Å². The van der Waals surface area contributed by atoms with Crippen LogP contribution in [0.25, 0.3) is 0 Å². The predicted octanol–water partition coefficient (Wildman–Crippen LogP) is 1.72. The number of sulfonamides is 1. The van der Waals surface area contributed by atoms with E-state index in [1.165, 1.54) is 27.8 Å². The summed E-state index contributed by atoms with van der Waals surface area (Å²) in [6, 6.07) is 8.09. The highest BCUT2D eigenvalue weighted by Gasteiger charge is 2.28. The van der Waals surface area contributed by atoms with Gasteiger partial charge < -0.3 is 10.2 Å². The van der Waals surface area contributed by atoms with E-state index in [0.717, 1.165) is 32.5 Å². The molecule has 2 fully saturated rings. The summed E-state index contributed by atoms with van der Waals surface area (Å²) < 4.78 is 26.8. The summed E-state index contributed by atoms with van der Waals surface area (Å²) in [6.45, 7) is 5.10. The highest BCUT2D eigenvalue weighted by Crippen LogP contribution is 2.21. The van der Waals surface area contributed by atoms with Gasteiger partial charge in [0.2, 0.25) is 10.0 Å². The Bertz CT molecular complexity index is 1020. The van der Waals surface area contributed by atoms with Crippen molar-refractivity contribution in [2.24, 2.45) is 0 Å². The third-order valence-corrected chi connectivity index (χ3v) is 8.56. The van der Waals surface area contributed by atoms with Gasteiger partial charge in [0, 0.05) is 68.9 Å². The van der Waals surface area contributed by atoms with E-state index >= 15 is 0 Å². The van der Waals surface area contributed by atoms with Crippen LogP contribution in [-0.4, -0.2) is 86.7 Å². The zero-order chi connectivity index (χ0) is 22.6. The van der Waals surface area contributed by atoms with Gasteiger partial charge in [-0.15, -0.1) is 0 Å². The second kappa shape index (κ2) is 10.1. The Morgan fingerprint density at radius 3 is 2.22 bits per heavy atom. The van der Waals surface area contributed by atoms with Crippen LogP contribution in [0, 0.1) is 0 Å². The molecular weight excluding hydrogens is 448 g/mol. The fourth-order valence-corrected chi connectivity index (χ4v) is 6.18. The Hall–Kier alpha value is -2.27. The molecular formula is C22H28N4O4S2. The van der Waals surface area contributed by atoms with Crippen molar-refractivity contribution in [2.45, 2.75) is 17.7 Å². The van der Waals surface area contributed by atoms with Crippen LogP contribution in [0.3, 0.4) is 0 Å². The first-order chi connectivity index (χ1) is 15.4. The monoisotopic (exact) mass is 476 g/mol. The number of nitrogens with one attached hydrogen (secondary N) is 1. The lowest BCUT2D eigenvalue weighted by Crippen LogP contribution is -2.50. The van der Waals surface area contributed by atoms with Crippen molar-refractivity contribution in [3.63, 3.8) is 0 Å². The van der Waals surface area contributed by atoms with Crippen molar-refractivity contribution < 1.29 is 18.0 Å². The third-order valence-electron chi connectivity index (χ3n) is 5.96. The Morgan fingerprint density at radius 2 is 1.59 bits per heavy atom. The minimum absolute atomic E-state index is 0.0599. The number of hydrogen-bond donors (Lipinski definition) is 1. The number of carbonyl (C=O) groups is 2. The number of piperazine rings is 1. The molecule has 1 aromatic carbocycles. The smallest absolute Gasteiger partial charge is 0.253 e. The molecule has 2 aliphatic heterocycles. The zero-order valence-electron chi connectivity index (χ0n) is 17.9. The molecule has 2 aromatic rings. The lowest BCUT2D eigenvalue weighted by molar-refractivity contribution is 0.0638. The first kappa shape index (κ1) is 22.9. The maximum Gasteiger partial charge on any atom is 0.253 e. The van der Waals surface area contributed by atoms with Gasteiger partial charge in [-0.05, 0) is 48.6 Å². The molecule has 0 radical (unpaired) electrons. The fraction of sp³-hybridized carbons (Fsp3) is 0.455. The van der Waals surface area contributed by atoms with Crippen LogP contribution in [-0.2, 0) is 10.0 Å². The van der Waals surface area contributed by atoms with E-state index < -0.39 is 10.0 Å². The van der Waals surface area contributed by atoms with E-state index in [9.17, 15) is 18.0 Å². The summed E-state index contributed by atoms with van der Waals surface area (Å²) >= 11 is 1.50. The molecule has 172 valence electrons. The van der Waals surface area contributed by atoms with Crippen molar-refractivity contribution in [3.8, 4) is 0 Å². The molecule has 2 saturated heterocycles. The second-order valence-corrected chi connectivity index (χ2v) is 10.8. The molecule has 3 heterocycles. The first-order valence-corrected chi connectivity index (χ1v) is 13.3. The van der Waals surface area contributed by atoms with E-state index in [0.29, 0.717) is 43.9 Å². The number of carbonyl (C=O) groups excluding carboxylic acids is 2. The zero-order valence-corrected chi connectivity index (χ0v) is 19.5. The van der Waals surface area contributed by atoms with Crippen LogP contribution < -0.4 is 5.32 Å². The maximum atomic E-state index is 12.8. The van der Waals surface area contributed by atoms with Crippen LogP contribution in [0.15, 0.2) is 46.0 Å². The number of hydrogen-bond acceptors (Lipinski definition) is 6. The number of rotatable bonds is 7. The predicted molar refractivity (Wildman–Crippen MR) is 123 cm³/mol. The molecule has 10 heteroatoms. The largest absolute Gasteiger partial charge is 0.351 e. The van der Waals surface area contributed by atoms with Crippen LogP contribution in [0.5, 0.6) is 0 Å². The average Bonchev–Trinajstić information content (AvgIpc) is 3.54. The molecule has 0 spiro atoms. The number of amides is 2. The van der Waals surface area contributed by atoms with E-state index in [4.69, 9.17) is 0 Å². The number of thiophene rings is 1. The summed E-state index contributed by atoms with van der Waals surface area (Å²) in [5.74, 6) is -0.143. The van der Waals surface area contributed by atoms with Gasteiger partial charge in [0.25, 0.3) is 11.8 Å². The van der Waals surface area contributed by atoms with Crippen LogP contribution >= 0.6 is 11.3 Å². The van der Waals surface area contributed by atoms with E-state index in [2.05, 4.69) is 10.2 Å². The van der Waals surface area contributed by atoms with Crippen LogP contribution in [0.2, 0.25) is 0 Å². The van der Waals surface area contributed by atoms with Gasteiger partial charge in [0.05, 0.1) is 4.90 Å². The van der Waals surface area contributed by atoms with Gasteiger partial charge >= 0.3 is 0 Å². The topological polar surface area (TPSA) is 90.0 Å². The first-order valence-electron chi connectivity index (χ1n) is 10.9. The van der Waals surface area contributed by atoms with Crippen LogP contribution in [0.4, 0.5) is 0 Å². The Morgan fingerprint density at radius 1 is 0.906 bits per heavy atom. The quantitative estimate of drug-likeness (QED) is 0.657. The highest BCUT2D eigenvalue weighted by atomic mass is 32.2. The Kier molecular flexibility index (Phi) is 7.24. The average molecular weight is 477 g/mol. The fourth-order valence-electron chi connectivity index (χ4n) is 4.03. The summed E-state index contributed by atoms with van der Waals surface area (Å²) in [5, 5.41) is 6.63. The molecule has 8 nitrogen and oxygen atoms in total. The molecule has 1 aromatic heterocycles. The van der Waals surface area contributed by atoms with E-state index in [-0.39, 0.29) is 16.7 Å².